The number of hydrogen-bond acceptors (Lipinski definition) is 5. The Bertz CT molecular complexity index is 950. The fourth-order valence-electron chi connectivity index (χ4n) is 2.36. The molecular weight excluding hydrogens is 309 g/mol. The molecule has 0 N–H and O–H groups in total. The van der Waals surface area contributed by atoms with E-state index in [1.54, 1.807) is 29.1 Å². The van der Waals surface area contributed by atoms with Gasteiger partial charge in [0.1, 0.15) is 23.5 Å². The van der Waals surface area contributed by atoms with Gasteiger partial charge in [-0.2, -0.15) is 0 Å². The van der Waals surface area contributed by atoms with Crippen LogP contribution in [0, 0.1) is 5.82 Å². The van der Waals surface area contributed by atoms with E-state index in [2.05, 4.69) is 20.1 Å². The van der Waals surface area contributed by atoms with Crippen LogP contribution in [0.25, 0.3) is 23.0 Å². The van der Waals surface area contributed by atoms with Gasteiger partial charge in [0, 0.05) is 11.8 Å². The molecule has 3 aromatic heterocycles. The van der Waals surface area contributed by atoms with E-state index < -0.39 is 0 Å². The zero-order valence-corrected chi connectivity index (χ0v) is 12.5. The van der Waals surface area contributed by atoms with Crippen molar-refractivity contribution in [2.24, 2.45) is 0 Å². The Labute approximate surface area is 136 Å². The number of rotatable bonds is 4. The largest absolute Gasteiger partial charge is 0.451 e. The summed E-state index contributed by atoms with van der Waals surface area (Å²) in [6.07, 6.45) is 4.45. The molecule has 4 aromatic rings. The van der Waals surface area contributed by atoms with E-state index in [1.165, 1.54) is 18.7 Å². The Morgan fingerprint density at radius 1 is 1.00 bits per heavy atom. The molecule has 0 aliphatic heterocycles. The highest BCUT2D eigenvalue weighted by Crippen LogP contribution is 2.21. The number of pyridine rings is 1. The molecule has 0 atom stereocenters. The minimum Gasteiger partial charge on any atom is -0.451 e. The highest BCUT2D eigenvalue weighted by Gasteiger charge is 2.17. The van der Waals surface area contributed by atoms with Gasteiger partial charge in [-0.25, -0.2) is 19.0 Å². The van der Waals surface area contributed by atoms with Crippen molar-refractivity contribution in [2.45, 2.75) is 6.54 Å². The van der Waals surface area contributed by atoms with Gasteiger partial charge >= 0.3 is 0 Å². The summed E-state index contributed by atoms with van der Waals surface area (Å²) in [5.74, 6) is 0.653. The van der Waals surface area contributed by atoms with Crippen LogP contribution < -0.4 is 0 Å². The molecule has 0 amide bonds. The maximum atomic E-state index is 14.0. The van der Waals surface area contributed by atoms with Crippen molar-refractivity contribution in [3.63, 3.8) is 0 Å². The summed E-state index contributed by atoms with van der Waals surface area (Å²) >= 11 is 0. The third-order valence-corrected chi connectivity index (χ3v) is 3.51. The Balaban J connectivity index is 1.81. The van der Waals surface area contributed by atoms with E-state index >= 15 is 0 Å². The van der Waals surface area contributed by atoms with E-state index in [0.29, 0.717) is 28.6 Å². The summed E-state index contributed by atoms with van der Waals surface area (Å²) in [5, 5.41) is 4.44. The molecule has 7 heteroatoms. The van der Waals surface area contributed by atoms with Crippen LogP contribution in [0.5, 0.6) is 0 Å². The van der Waals surface area contributed by atoms with Crippen molar-refractivity contribution in [2.75, 3.05) is 0 Å². The molecule has 0 aliphatic carbocycles. The number of nitrogens with zero attached hydrogens (tertiary/aromatic N) is 5. The van der Waals surface area contributed by atoms with E-state index in [-0.39, 0.29) is 12.4 Å². The summed E-state index contributed by atoms with van der Waals surface area (Å²) in [5.41, 5.74) is 1.68. The number of benzene rings is 1. The molecule has 0 aliphatic rings. The first-order valence-electron chi connectivity index (χ1n) is 7.29. The van der Waals surface area contributed by atoms with Gasteiger partial charge in [-0.15, -0.1) is 5.10 Å². The molecule has 0 fully saturated rings. The van der Waals surface area contributed by atoms with Gasteiger partial charge in [0.05, 0.1) is 6.54 Å². The monoisotopic (exact) mass is 321 g/mol. The first-order chi connectivity index (χ1) is 11.8. The molecule has 0 radical (unpaired) electrons. The number of halogens is 1. The van der Waals surface area contributed by atoms with Crippen LogP contribution in [0.3, 0.4) is 0 Å². The third kappa shape index (κ3) is 2.67. The van der Waals surface area contributed by atoms with E-state index in [1.807, 2.05) is 18.2 Å². The molecule has 1 aromatic carbocycles. The van der Waals surface area contributed by atoms with Crippen LogP contribution in [0.1, 0.15) is 5.56 Å². The maximum Gasteiger partial charge on any atom is 0.203 e. The number of aromatic nitrogens is 5. The van der Waals surface area contributed by atoms with Crippen LogP contribution in [-0.2, 0) is 6.54 Å². The lowest BCUT2D eigenvalue weighted by Gasteiger charge is -2.06. The highest BCUT2D eigenvalue weighted by atomic mass is 19.1. The average molecular weight is 321 g/mol. The van der Waals surface area contributed by atoms with Crippen molar-refractivity contribution in [3.05, 3.63) is 72.7 Å². The van der Waals surface area contributed by atoms with Gasteiger partial charge in [-0.1, -0.05) is 24.3 Å². The lowest BCUT2D eigenvalue weighted by Crippen LogP contribution is -2.06. The molecule has 24 heavy (non-hydrogen) atoms. The number of hydrogen-bond donors (Lipinski definition) is 0. The van der Waals surface area contributed by atoms with E-state index in [4.69, 9.17) is 4.42 Å². The van der Waals surface area contributed by atoms with Gasteiger partial charge in [0.2, 0.25) is 5.82 Å². The average Bonchev–Trinajstić information content (AvgIpc) is 3.27. The van der Waals surface area contributed by atoms with Gasteiger partial charge in [-0.3, -0.25) is 4.98 Å². The molecule has 6 nitrogen and oxygen atoms in total. The van der Waals surface area contributed by atoms with E-state index in [9.17, 15) is 4.39 Å². The predicted octanol–water partition coefficient (Wildman–Crippen LogP) is 3.18. The SMILES string of the molecule is Fc1ccccc1Cn1nc(-c2cocn2)nc1-c1ccccn1. The summed E-state index contributed by atoms with van der Waals surface area (Å²) in [4.78, 5) is 12.9. The van der Waals surface area contributed by atoms with Crippen molar-refractivity contribution in [1.82, 2.24) is 24.7 Å². The summed E-state index contributed by atoms with van der Waals surface area (Å²) in [7, 11) is 0. The Kier molecular flexibility index (Phi) is 3.59. The van der Waals surface area contributed by atoms with Gasteiger partial charge in [-0.05, 0) is 18.2 Å². The summed E-state index contributed by atoms with van der Waals surface area (Å²) in [6, 6.07) is 12.1. The molecule has 0 bridgehead atoms. The number of oxazole rings is 1. The van der Waals surface area contributed by atoms with Crippen LogP contribution in [0.15, 0.2) is 65.7 Å². The van der Waals surface area contributed by atoms with Crippen LogP contribution in [-0.4, -0.2) is 24.7 Å². The van der Waals surface area contributed by atoms with Gasteiger partial charge < -0.3 is 4.42 Å². The Morgan fingerprint density at radius 3 is 2.62 bits per heavy atom. The minimum atomic E-state index is -0.289. The highest BCUT2D eigenvalue weighted by molar-refractivity contribution is 5.55. The smallest absolute Gasteiger partial charge is 0.203 e. The van der Waals surface area contributed by atoms with Gasteiger partial charge in [0.15, 0.2) is 12.2 Å². The fraction of sp³-hybridized carbons (Fsp3) is 0.0588. The zero-order valence-electron chi connectivity index (χ0n) is 12.5. The summed E-state index contributed by atoms with van der Waals surface area (Å²) < 4.78 is 20.6. The normalized spacial score (nSPS) is 10.9. The second-order valence-electron chi connectivity index (χ2n) is 5.10. The third-order valence-electron chi connectivity index (χ3n) is 3.51. The van der Waals surface area contributed by atoms with Crippen molar-refractivity contribution in [3.8, 4) is 23.0 Å². The molecule has 0 saturated heterocycles. The topological polar surface area (TPSA) is 69.6 Å². The summed E-state index contributed by atoms with van der Waals surface area (Å²) in [6.45, 7) is 0.240. The Hall–Kier alpha value is -3.35. The molecule has 0 saturated carbocycles. The first-order valence-corrected chi connectivity index (χ1v) is 7.29. The second kappa shape index (κ2) is 6.04. The molecule has 3 heterocycles. The van der Waals surface area contributed by atoms with Crippen LogP contribution in [0.2, 0.25) is 0 Å². The van der Waals surface area contributed by atoms with Crippen molar-refractivity contribution < 1.29 is 8.81 Å². The van der Waals surface area contributed by atoms with Gasteiger partial charge in [0.25, 0.3) is 0 Å². The molecular formula is C17H12FN5O. The minimum absolute atomic E-state index is 0.240. The predicted molar refractivity (Wildman–Crippen MR) is 84.3 cm³/mol. The van der Waals surface area contributed by atoms with Crippen LogP contribution in [0.4, 0.5) is 4.39 Å². The Morgan fingerprint density at radius 2 is 1.88 bits per heavy atom. The van der Waals surface area contributed by atoms with Crippen LogP contribution >= 0.6 is 0 Å². The fourth-order valence-corrected chi connectivity index (χ4v) is 2.36. The second-order valence-corrected chi connectivity index (χ2v) is 5.10. The molecule has 0 unspecified atom stereocenters. The molecule has 118 valence electrons. The van der Waals surface area contributed by atoms with E-state index in [0.717, 1.165) is 0 Å². The first kappa shape index (κ1) is 14.3. The molecule has 4 rings (SSSR count). The standard InChI is InChI=1S/C17H12FN5O/c18-13-6-2-1-5-12(13)9-23-17(14-7-3-4-8-19-14)21-16(22-23)15-10-24-11-20-15/h1-8,10-11H,9H2. The maximum absolute atomic E-state index is 14.0. The lowest BCUT2D eigenvalue weighted by atomic mass is 10.2. The lowest BCUT2D eigenvalue weighted by molar-refractivity contribution is 0.558. The van der Waals surface area contributed by atoms with Crippen molar-refractivity contribution in [1.29, 1.82) is 0 Å². The van der Waals surface area contributed by atoms with Crippen molar-refractivity contribution >= 4 is 0 Å². The molecule has 0 spiro atoms. The zero-order chi connectivity index (χ0) is 16.4. The quantitative estimate of drug-likeness (QED) is 0.577.